The first kappa shape index (κ1) is 21.9. The monoisotopic (exact) mass is 406 g/mol. The van der Waals surface area contributed by atoms with Crippen LogP contribution < -0.4 is 10.0 Å². The number of carbonyl (C=O) groups is 1. The van der Waals surface area contributed by atoms with Gasteiger partial charge >= 0.3 is 5.97 Å². The Morgan fingerprint density at radius 3 is 2.54 bits per heavy atom. The van der Waals surface area contributed by atoms with Gasteiger partial charge in [-0.2, -0.15) is 0 Å². The van der Waals surface area contributed by atoms with Gasteiger partial charge in [0, 0.05) is 32.0 Å². The van der Waals surface area contributed by atoms with E-state index in [0.29, 0.717) is 31.9 Å². The fraction of sp³-hybridized carbons (Fsp3) is 0.350. The number of nitrogens with one attached hydrogen (secondary N) is 2. The molecule has 8 heteroatoms. The molecule has 0 saturated heterocycles. The molecule has 0 aliphatic rings. The second-order valence-electron chi connectivity index (χ2n) is 6.12. The van der Waals surface area contributed by atoms with Gasteiger partial charge in [-0.25, -0.2) is 17.9 Å². The second-order valence-corrected chi connectivity index (χ2v) is 7.89. The van der Waals surface area contributed by atoms with Crippen molar-refractivity contribution in [3.8, 4) is 0 Å². The van der Waals surface area contributed by atoms with Crippen LogP contribution in [0.3, 0.4) is 0 Å². The largest absolute Gasteiger partial charge is 0.478 e. The summed E-state index contributed by atoms with van der Waals surface area (Å²) in [6, 6.07) is 13.9. The van der Waals surface area contributed by atoms with Crippen LogP contribution in [0.25, 0.3) is 0 Å². The Labute approximate surface area is 165 Å². The summed E-state index contributed by atoms with van der Waals surface area (Å²) in [5.41, 5.74) is 1.44. The summed E-state index contributed by atoms with van der Waals surface area (Å²) in [5, 5.41) is 12.5. The smallest absolute Gasteiger partial charge is 0.337 e. The van der Waals surface area contributed by atoms with Gasteiger partial charge in [0.2, 0.25) is 10.0 Å². The van der Waals surface area contributed by atoms with Crippen molar-refractivity contribution in [2.75, 3.05) is 31.6 Å². The molecule has 152 valence electrons. The lowest BCUT2D eigenvalue weighted by atomic mass is 10.1. The number of sulfonamides is 1. The van der Waals surface area contributed by atoms with E-state index in [2.05, 4.69) is 10.0 Å². The second kappa shape index (κ2) is 10.8. The Morgan fingerprint density at radius 2 is 1.86 bits per heavy atom. The molecule has 0 aromatic heterocycles. The summed E-state index contributed by atoms with van der Waals surface area (Å²) in [5.74, 6) is -1.18. The molecule has 7 nitrogen and oxygen atoms in total. The van der Waals surface area contributed by atoms with E-state index in [4.69, 9.17) is 4.74 Å². The molecular formula is C20H26N2O5S. The Bertz CT molecular complexity index is 869. The van der Waals surface area contributed by atoms with Crippen LogP contribution in [-0.4, -0.2) is 45.8 Å². The predicted octanol–water partition coefficient (Wildman–Crippen LogP) is 2.74. The van der Waals surface area contributed by atoms with Gasteiger partial charge in [0.1, 0.15) is 0 Å². The van der Waals surface area contributed by atoms with Gasteiger partial charge in [-0.3, -0.25) is 0 Å². The zero-order valence-corrected chi connectivity index (χ0v) is 16.7. The van der Waals surface area contributed by atoms with Crippen molar-refractivity contribution >= 4 is 21.7 Å². The third-order valence-electron chi connectivity index (χ3n) is 4.07. The van der Waals surface area contributed by atoms with Crippen molar-refractivity contribution in [2.24, 2.45) is 0 Å². The molecule has 0 aliphatic carbocycles. The highest BCUT2D eigenvalue weighted by atomic mass is 32.2. The topological polar surface area (TPSA) is 105 Å². The molecule has 0 radical (unpaired) electrons. The number of carboxylic acid groups (broad SMARTS) is 1. The molecular weight excluding hydrogens is 380 g/mol. The van der Waals surface area contributed by atoms with Gasteiger partial charge < -0.3 is 15.2 Å². The Hall–Kier alpha value is -2.42. The molecule has 0 saturated carbocycles. The first-order valence-corrected chi connectivity index (χ1v) is 10.6. The summed E-state index contributed by atoms with van der Waals surface area (Å²) in [6.45, 7) is 3.66. The van der Waals surface area contributed by atoms with Crippen molar-refractivity contribution in [1.82, 2.24) is 4.72 Å². The van der Waals surface area contributed by atoms with E-state index >= 15 is 0 Å². The number of hydrogen-bond donors (Lipinski definition) is 3. The number of carboxylic acids is 1. The summed E-state index contributed by atoms with van der Waals surface area (Å²) < 4.78 is 32.4. The van der Waals surface area contributed by atoms with Gasteiger partial charge in [-0.1, -0.05) is 30.3 Å². The van der Waals surface area contributed by atoms with E-state index in [-0.39, 0.29) is 17.0 Å². The lowest BCUT2D eigenvalue weighted by molar-refractivity contribution is 0.0697. The number of benzene rings is 2. The molecule has 0 unspecified atom stereocenters. The molecule has 28 heavy (non-hydrogen) atoms. The lowest BCUT2D eigenvalue weighted by Gasteiger charge is -2.12. The van der Waals surface area contributed by atoms with E-state index in [0.717, 1.165) is 12.0 Å². The van der Waals surface area contributed by atoms with Crippen LogP contribution in [0, 0.1) is 0 Å². The molecule has 2 aromatic carbocycles. The van der Waals surface area contributed by atoms with E-state index < -0.39 is 16.0 Å². The number of rotatable bonds is 12. The van der Waals surface area contributed by atoms with Crippen LogP contribution in [-0.2, 0) is 21.2 Å². The van der Waals surface area contributed by atoms with Gasteiger partial charge in [0.05, 0.1) is 10.5 Å². The van der Waals surface area contributed by atoms with Crippen molar-refractivity contribution in [1.29, 1.82) is 0 Å². The molecule has 2 rings (SSSR count). The van der Waals surface area contributed by atoms with E-state index in [1.807, 2.05) is 37.3 Å². The maximum absolute atomic E-state index is 12.4. The van der Waals surface area contributed by atoms with Gasteiger partial charge in [-0.15, -0.1) is 0 Å². The first-order valence-electron chi connectivity index (χ1n) is 9.16. The first-order chi connectivity index (χ1) is 13.4. The summed E-state index contributed by atoms with van der Waals surface area (Å²) in [6.07, 6.45) is 1.26. The Morgan fingerprint density at radius 1 is 1.11 bits per heavy atom. The van der Waals surface area contributed by atoms with Crippen LogP contribution >= 0.6 is 0 Å². The van der Waals surface area contributed by atoms with Gasteiger partial charge in [0.15, 0.2) is 0 Å². The molecule has 0 aliphatic heterocycles. The minimum absolute atomic E-state index is 0.0741. The average molecular weight is 407 g/mol. The number of hydrogen-bond acceptors (Lipinski definition) is 5. The van der Waals surface area contributed by atoms with Crippen LogP contribution in [0.5, 0.6) is 0 Å². The molecule has 0 bridgehead atoms. The summed E-state index contributed by atoms with van der Waals surface area (Å²) in [7, 11) is -3.78. The SMILES string of the molecule is CCOCCCNS(=O)(=O)c1ccc(NCCc2ccccc2)c(C(=O)O)c1. The molecule has 0 heterocycles. The number of aromatic carboxylic acids is 1. The zero-order chi connectivity index (χ0) is 20.4. The maximum Gasteiger partial charge on any atom is 0.337 e. The third-order valence-corrected chi connectivity index (χ3v) is 5.52. The fourth-order valence-electron chi connectivity index (χ4n) is 2.62. The molecule has 0 atom stereocenters. The molecule has 0 amide bonds. The van der Waals surface area contributed by atoms with Gasteiger partial charge in [-0.05, 0) is 43.5 Å². The van der Waals surface area contributed by atoms with Crippen molar-refractivity contribution in [3.05, 3.63) is 59.7 Å². The third kappa shape index (κ3) is 6.63. The number of ether oxygens (including phenoxy) is 1. The minimum atomic E-state index is -3.78. The molecule has 0 fully saturated rings. The summed E-state index contributed by atoms with van der Waals surface area (Å²) in [4.78, 5) is 11.5. The minimum Gasteiger partial charge on any atom is -0.478 e. The highest BCUT2D eigenvalue weighted by Gasteiger charge is 2.18. The zero-order valence-electron chi connectivity index (χ0n) is 15.8. The molecule has 0 spiro atoms. The van der Waals surface area contributed by atoms with Crippen LogP contribution in [0.4, 0.5) is 5.69 Å². The Kier molecular flexibility index (Phi) is 8.43. The highest BCUT2D eigenvalue weighted by molar-refractivity contribution is 7.89. The molecule has 2 aromatic rings. The highest BCUT2D eigenvalue weighted by Crippen LogP contribution is 2.21. The quantitative estimate of drug-likeness (QED) is 0.468. The Balaban J connectivity index is 2.03. The van der Waals surface area contributed by atoms with Crippen molar-refractivity contribution < 1.29 is 23.1 Å². The predicted molar refractivity (Wildman–Crippen MR) is 108 cm³/mol. The maximum atomic E-state index is 12.4. The number of anilines is 1. The summed E-state index contributed by atoms with van der Waals surface area (Å²) >= 11 is 0. The van der Waals surface area contributed by atoms with Gasteiger partial charge in [0.25, 0.3) is 0 Å². The van der Waals surface area contributed by atoms with E-state index in [9.17, 15) is 18.3 Å². The van der Waals surface area contributed by atoms with Crippen molar-refractivity contribution in [3.63, 3.8) is 0 Å². The lowest BCUT2D eigenvalue weighted by Crippen LogP contribution is -2.26. The van der Waals surface area contributed by atoms with E-state index in [1.54, 1.807) is 0 Å². The fourth-order valence-corrected chi connectivity index (χ4v) is 3.72. The van der Waals surface area contributed by atoms with Crippen molar-refractivity contribution in [2.45, 2.75) is 24.7 Å². The van der Waals surface area contributed by atoms with Crippen LogP contribution in [0.15, 0.2) is 53.4 Å². The average Bonchev–Trinajstić information content (AvgIpc) is 2.68. The van der Waals surface area contributed by atoms with Crippen LogP contribution in [0.2, 0.25) is 0 Å². The van der Waals surface area contributed by atoms with Crippen LogP contribution in [0.1, 0.15) is 29.3 Å². The normalized spacial score (nSPS) is 11.3. The standard InChI is InChI=1S/C20H26N2O5S/c1-2-27-14-6-12-22-28(25,26)17-9-10-19(18(15-17)20(23)24)21-13-11-16-7-4-3-5-8-16/h3-5,7-10,15,21-22H,2,6,11-14H2,1H3,(H,23,24). The van der Waals surface area contributed by atoms with E-state index in [1.165, 1.54) is 18.2 Å². The molecule has 3 N–H and O–H groups in total.